The van der Waals surface area contributed by atoms with Crippen LogP contribution in [0.2, 0.25) is 0 Å². The number of hydrogen-bond donors (Lipinski definition) is 2. The van der Waals surface area contributed by atoms with Gasteiger partial charge in [-0.2, -0.15) is 0 Å². The van der Waals surface area contributed by atoms with Crippen LogP contribution in [0.3, 0.4) is 0 Å². The normalized spacial score (nSPS) is 13.8. The van der Waals surface area contributed by atoms with E-state index in [2.05, 4.69) is 46.6 Å². The van der Waals surface area contributed by atoms with E-state index < -0.39 is 0 Å². The van der Waals surface area contributed by atoms with Gasteiger partial charge in [-0.1, -0.05) is 36.4 Å². The molecule has 5 rings (SSSR count). The van der Waals surface area contributed by atoms with Crippen molar-refractivity contribution >= 4 is 38.8 Å². The van der Waals surface area contributed by atoms with Gasteiger partial charge in [-0.25, -0.2) is 4.98 Å². The van der Waals surface area contributed by atoms with Crippen LogP contribution < -0.4 is 11.1 Å². The van der Waals surface area contributed by atoms with Crippen molar-refractivity contribution in [2.45, 2.75) is 33.4 Å². The van der Waals surface area contributed by atoms with E-state index in [0.717, 1.165) is 58.8 Å². The van der Waals surface area contributed by atoms with Gasteiger partial charge in [-0.05, 0) is 54.3 Å². The molecule has 0 aliphatic carbocycles. The number of carbonyl (C=O) groups is 1. The Kier molecular flexibility index (Phi) is 5.41. The van der Waals surface area contributed by atoms with Crippen molar-refractivity contribution < 1.29 is 4.79 Å². The minimum absolute atomic E-state index is 0.181. The Morgan fingerprint density at radius 3 is 2.62 bits per heavy atom. The van der Waals surface area contributed by atoms with Crippen LogP contribution in [0.15, 0.2) is 54.6 Å². The van der Waals surface area contributed by atoms with Crippen LogP contribution in [-0.2, 0) is 19.5 Å². The Morgan fingerprint density at radius 2 is 1.88 bits per heavy atom. The zero-order valence-electron chi connectivity index (χ0n) is 18.3. The number of thiophene rings is 1. The van der Waals surface area contributed by atoms with Crippen molar-refractivity contribution in [1.82, 2.24) is 9.88 Å². The summed E-state index contributed by atoms with van der Waals surface area (Å²) in [5.41, 5.74) is 13.6. The van der Waals surface area contributed by atoms with E-state index in [1.807, 2.05) is 32.0 Å². The minimum Gasteiger partial charge on any atom is -0.397 e. The van der Waals surface area contributed by atoms with Crippen molar-refractivity contribution in [3.05, 3.63) is 87.4 Å². The second kappa shape index (κ2) is 8.37. The van der Waals surface area contributed by atoms with E-state index in [0.29, 0.717) is 10.6 Å². The maximum atomic E-state index is 13.0. The first-order valence-electron chi connectivity index (χ1n) is 10.8. The van der Waals surface area contributed by atoms with Gasteiger partial charge >= 0.3 is 0 Å². The second-order valence-corrected chi connectivity index (χ2v) is 9.57. The zero-order chi connectivity index (χ0) is 22.2. The fourth-order valence-electron chi connectivity index (χ4n) is 4.44. The van der Waals surface area contributed by atoms with Crippen molar-refractivity contribution in [1.29, 1.82) is 0 Å². The number of benzene rings is 2. The van der Waals surface area contributed by atoms with Crippen LogP contribution in [0.1, 0.15) is 37.6 Å². The highest BCUT2D eigenvalue weighted by Crippen LogP contribution is 2.35. The molecule has 1 aliphatic heterocycles. The Bertz CT molecular complexity index is 1290. The van der Waals surface area contributed by atoms with Gasteiger partial charge < -0.3 is 11.1 Å². The molecule has 0 spiro atoms. The van der Waals surface area contributed by atoms with Crippen molar-refractivity contribution in [2.24, 2.45) is 0 Å². The molecule has 0 radical (unpaired) electrons. The maximum absolute atomic E-state index is 13.0. The highest BCUT2D eigenvalue weighted by Gasteiger charge is 2.23. The van der Waals surface area contributed by atoms with Crippen molar-refractivity contribution in [2.75, 3.05) is 17.6 Å². The van der Waals surface area contributed by atoms with Crippen LogP contribution in [0, 0.1) is 13.8 Å². The lowest BCUT2D eigenvalue weighted by Gasteiger charge is -2.28. The zero-order valence-corrected chi connectivity index (χ0v) is 19.1. The Labute approximate surface area is 191 Å². The SMILES string of the molecule is Cc1cc(C)cc(NC(=O)c2sc3nc4c(cc3c2N)CN(Cc2ccccc2)CC4)c1. The molecule has 3 heterocycles. The number of nitrogens with zero attached hydrogens (tertiary/aromatic N) is 2. The average Bonchev–Trinajstić information content (AvgIpc) is 3.08. The topological polar surface area (TPSA) is 71.2 Å². The lowest BCUT2D eigenvalue weighted by Crippen LogP contribution is -2.30. The van der Waals surface area contributed by atoms with E-state index in [1.54, 1.807) is 0 Å². The van der Waals surface area contributed by atoms with Crippen LogP contribution in [0.5, 0.6) is 0 Å². The number of nitrogen functional groups attached to an aromatic ring is 1. The summed E-state index contributed by atoms with van der Waals surface area (Å²) in [5.74, 6) is -0.181. The smallest absolute Gasteiger partial charge is 0.267 e. The summed E-state index contributed by atoms with van der Waals surface area (Å²) in [6, 6.07) is 18.7. The second-order valence-electron chi connectivity index (χ2n) is 8.57. The number of anilines is 2. The molecule has 0 saturated carbocycles. The van der Waals surface area contributed by atoms with Gasteiger partial charge in [-0.15, -0.1) is 11.3 Å². The number of fused-ring (bicyclic) bond motifs is 2. The molecule has 2 aromatic carbocycles. The number of rotatable bonds is 4. The molecule has 0 atom stereocenters. The van der Waals surface area contributed by atoms with Crippen molar-refractivity contribution in [3.8, 4) is 0 Å². The number of hydrogen-bond acceptors (Lipinski definition) is 5. The third kappa shape index (κ3) is 4.11. The minimum atomic E-state index is -0.181. The van der Waals surface area contributed by atoms with E-state index in [-0.39, 0.29) is 5.91 Å². The van der Waals surface area contributed by atoms with Gasteiger partial charge in [0, 0.05) is 42.8 Å². The number of carbonyl (C=O) groups excluding carboxylic acids is 1. The molecule has 0 unspecified atom stereocenters. The lowest BCUT2D eigenvalue weighted by molar-refractivity contribution is 0.103. The summed E-state index contributed by atoms with van der Waals surface area (Å²) in [6.07, 6.45) is 0.903. The quantitative estimate of drug-likeness (QED) is 0.450. The summed E-state index contributed by atoms with van der Waals surface area (Å²) in [5, 5.41) is 3.88. The Morgan fingerprint density at radius 1 is 1.12 bits per heavy atom. The number of nitrogens with two attached hydrogens (primary N) is 1. The molecule has 1 aliphatic rings. The first-order chi connectivity index (χ1) is 15.5. The maximum Gasteiger partial charge on any atom is 0.267 e. The van der Waals surface area contributed by atoms with Gasteiger partial charge in [-0.3, -0.25) is 9.69 Å². The highest BCUT2D eigenvalue weighted by molar-refractivity contribution is 7.21. The summed E-state index contributed by atoms with van der Waals surface area (Å²) in [4.78, 5) is 21.7. The summed E-state index contributed by atoms with van der Waals surface area (Å²) < 4.78 is 0. The summed E-state index contributed by atoms with van der Waals surface area (Å²) in [6.45, 7) is 6.77. The molecule has 4 aromatic rings. The molecule has 1 amide bonds. The molecule has 32 heavy (non-hydrogen) atoms. The van der Waals surface area contributed by atoms with Crippen LogP contribution in [0.4, 0.5) is 11.4 Å². The number of amides is 1. The number of pyridine rings is 1. The molecular weight excluding hydrogens is 416 g/mol. The third-order valence-corrected chi connectivity index (χ3v) is 7.00. The standard InChI is InChI=1S/C26H26N4OS/c1-16-10-17(2)12-20(11-16)28-25(31)24-23(27)21-13-19-15-30(14-18-6-4-3-5-7-18)9-8-22(19)29-26(21)32-24/h3-7,10-13H,8-9,14-15,27H2,1-2H3,(H,28,31). The molecule has 2 aromatic heterocycles. The first kappa shape index (κ1) is 20.7. The van der Waals surface area contributed by atoms with Crippen LogP contribution in [0.25, 0.3) is 10.2 Å². The average molecular weight is 443 g/mol. The van der Waals surface area contributed by atoms with E-state index in [1.165, 1.54) is 22.5 Å². The van der Waals surface area contributed by atoms with Gasteiger partial charge in [0.25, 0.3) is 5.91 Å². The summed E-state index contributed by atoms with van der Waals surface area (Å²) >= 11 is 1.37. The predicted octanol–water partition coefficient (Wildman–Crippen LogP) is 5.31. The third-order valence-electron chi connectivity index (χ3n) is 5.88. The largest absolute Gasteiger partial charge is 0.397 e. The molecule has 3 N–H and O–H groups in total. The fourth-order valence-corrected chi connectivity index (χ4v) is 5.43. The van der Waals surface area contributed by atoms with Crippen LogP contribution in [-0.4, -0.2) is 22.3 Å². The van der Waals surface area contributed by atoms with E-state index in [4.69, 9.17) is 10.7 Å². The molecule has 0 fully saturated rings. The van der Waals surface area contributed by atoms with E-state index >= 15 is 0 Å². The monoisotopic (exact) mass is 442 g/mol. The number of aryl methyl sites for hydroxylation is 2. The highest BCUT2D eigenvalue weighted by atomic mass is 32.1. The fraction of sp³-hybridized carbons (Fsp3) is 0.231. The lowest BCUT2D eigenvalue weighted by atomic mass is 10.0. The molecule has 5 nitrogen and oxygen atoms in total. The van der Waals surface area contributed by atoms with Gasteiger partial charge in [0.15, 0.2) is 0 Å². The molecule has 0 bridgehead atoms. The first-order valence-corrected chi connectivity index (χ1v) is 11.6. The number of aromatic nitrogens is 1. The Balaban J connectivity index is 1.40. The van der Waals surface area contributed by atoms with Gasteiger partial charge in [0.1, 0.15) is 9.71 Å². The molecule has 162 valence electrons. The summed E-state index contributed by atoms with van der Waals surface area (Å²) in [7, 11) is 0. The predicted molar refractivity (Wildman–Crippen MR) is 132 cm³/mol. The molecule has 0 saturated heterocycles. The van der Waals surface area contributed by atoms with Crippen molar-refractivity contribution in [3.63, 3.8) is 0 Å². The van der Waals surface area contributed by atoms with Crippen LogP contribution >= 0.6 is 11.3 Å². The van der Waals surface area contributed by atoms with Gasteiger partial charge in [0.05, 0.1) is 5.69 Å². The van der Waals surface area contributed by atoms with Gasteiger partial charge in [0.2, 0.25) is 0 Å². The number of nitrogens with one attached hydrogen (secondary N) is 1. The van der Waals surface area contributed by atoms with E-state index in [9.17, 15) is 4.79 Å². The Hall–Kier alpha value is -3.22. The molecular formula is C26H26N4OS. The molecule has 6 heteroatoms.